The molecule has 6 nitrogen and oxygen atoms in total. The Morgan fingerprint density at radius 3 is 2.66 bits per heavy atom. The van der Waals surface area contributed by atoms with E-state index in [2.05, 4.69) is 57.4 Å². The van der Waals surface area contributed by atoms with Gasteiger partial charge in [-0.25, -0.2) is 0 Å². The number of nitrogens with zero attached hydrogens (tertiary/aromatic N) is 1. The van der Waals surface area contributed by atoms with Gasteiger partial charge in [-0.1, -0.05) is 49.1 Å². The van der Waals surface area contributed by atoms with Crippen molar-refractivity contribution in [1.82, 2.24) is 20.9 Å². The number of rotatable bonds is 4. The van der Waals surface area contributed by atoms with Crippen molar-refractivity contribution in [1.29, 1.82) is 0 Å². The lowest BCUT2D eigenvalue weighted by atomic mass is 9.92. The van der Waals surface area contributed by atoms with E-state index in [1.165, 1.54) is 36.0 Å². The molecule has 3 fully saturated rings. The maximum atomic E-state index is 12.9. The minimum Gasteiger partial charge on any atom is -0.353 e. The van der Waals surface area contributed by atoms with Gasteiger partial charge in [-0.05, 0) is 49.2 Å². The van der Waals surface area contributed by atoms with E-state index in [0.717, 1.165) is 38.8 Å². The van der Waals surface area contributed by atoms with E-state index < -0.39 is 0 Å². The van der Waals surface area contributed by atoms with Crippen LogP contribution in [0.1, 0.15) is 56.1 Å². The zero-order valence-corrected chi connectivity index (χ0v) is 19.6. The van der Waals surface area contributed by atoms with Crippen molar-refractivity contribution in [2.75, 3.05) is 13.1 Å². The van der Waals surface area contributed by atoms with Crippen molar-refractivity contribution in [2.24, 2.45) is 5.92 Å². The number of amides is 2. The molecule has 1 aromatic rings. The van der Waals surface area contributed by atoms with Gasteiger partial charge in [0.15, 0.2) is 0 Å². The van der Waals surface area contributed by atoms with E-state index in [4.69, 9.17) is 0 Å². The Labute approximate surface area is 195 Å². The lowest BCUT2D eigenvalue weighted by molar-refractivity contribution is -0.130. The fourth-order valence-electron chi connectivity index (χ4n) is 5.54. The topological polar surface area (TPSA) is 73.5 Å². The average molecular weight is 455 g/mol. The zero-order valence-electron chi connectivity index (χ0n) is 18.8. The number of carbonyl (C=O) groups excluding carboxylic acids is 2. The standard InChI is InChI=1S/C25H34N4O2S/c1-16-6-5-7-18(14-16)20-15-32-22-21(20)27-25(28-24(22)31)29-12-10-17(11-13-29)23(30)26-19-8-3-2-4-9-19/h5-7,14-15,17,19,21-22,25,27H,2-4,8-13H2,1H3,(H,26,30)(H,28,31). The van der Waals surface area contributed by atoms with Crippen molar-refractivity contribution in [3.05, 3.63) is 40.8 Å². The lowest BCUT2D eigenvalue weighted by Crippen LogP contribution is -2.68. The third-order valence-electron chi connectivity index (χ3n) is 7.42. The number of carbonyl (C=O) groups is 2. The molecular weight excluding hydrogens is 420 g/mol. The first kappa shape index (κ1) is 22.0. The highest BCUT2D eigenvalue weighted by atomic mass is 32.2. The highest BCUT2D eigenvalue weighted by Crippen LogP contribution is 2.39. The highest BCUT2D eigenvalue weighted by Gasteiger charge is 2.44. The summed E-state index contributed by atoms with van der Waals surface area (Å²) in [4.78, 5) is 27.9. The number of aryl methyl sites for hydroxylation is 1. The summed E-state index contributed by atoms with van der Waals surface area (Å²) in [6.45, 7) is 3.73. The molecule has 1 aliphatic carbocycles. The maximum absolute atomic E-state index is 12.9. The molecule has 0 radical (unpaired) electrons. The maximum Gasteiger partial charge on any atom is 0.237 e. The third kappa shape index (κ3) is 4.61. The number of fused-ring (bicyclic) bond motifs is 1. The first-order valence-corrected chi connectivity index (χ1v) is 13.1. The van der Waals surface area contributed by atoms with Crippen LogP contribution in [-0.4, -0.2) is 53.4 Å². The van der Waals surface area contributed by atoms with Gasteiger partial charge in [0.1, 0.15) is 11.5 Å². The summed E-state index contributed by atoms with van der Waals surface area (Å²) in [5.74, 6) is 0.416. The molecule has 4 aliphatic rings. The Balaban J connectivity index is 1.19. The second-order valence-corrected chi connectivity index (χ2v) is 10.7. The van der Waals surface area contributed by atoms with Crippen molar-refractivity contribution in [3.8, 4) is 0 Å². The second kappa shape index (κ2) is 9.57. The van der Waals surface area contributed by atoms with Crippen LogP contribution in [0.3, 0.4) is 0 Å². The van der Waals surface area contributed by atoms with Gasteiger partial charge in [-0.3, -0.25) is 19.8 Å². The molecule has 1 aromatic carbocycles. The Morgan fingerprint density at radius 2 is 1.91 bits per heavy atom. The molecule has 3 N–H and O–H groups in total. The lowest BCUT2D eigenvalue weighted by Gasteiger charge is -2.43. The van der Waals surface area contributed by atoms with Gasteiger partial charge >= 0.3 is 0 Å². The molecule has 3 heterocycles. The Bertz CT molecular complexity index is 890. The number of hydrogen-bond acceptors (Lipinski definition) is 5. The molecule has 1 saturated carbocycles. The number of nitrogens with one attached hydrogen (secondary N) is 3. The van der Waals surface area contributed by atoms with Crippen LogP contribution in [0.5, 0.6) is 0 Å². The molecule has 2 amide bonds. The molecule has 0 spiro atoms. The zero-order chi connectivity index (χ0) is 22.1. The predicted octanol–water partition coefficient (Wildman–Crippen LogP) is 2.98. The molecule has 2 saturated heterocycles. The Morgan fingerprint density at radius 1 is 1.12 bits per heavy atom. The van der Waals surface area contributed by atoms with Crippen LogP contribution < -0.4 is 16.0 Å². The van der Waals surface area contributed by atoms with Gasteiger partial charge in [-0.2, -0.15) is 0 Å². The fraction of sp³-hybridized carbons (Fsp3) is 0.600. The van der Waals surface area contributed by atoms with Crippen LogP contribution in [0, 0.1) is 12.8 Å². The normalized spacial score (nSPS) is 29.8. The quantitative estimate of drug-likeness (QED) is 0.652. The molecule has 172 valence electrons. The van der Waals surface area contributed by atoms with Gasteiger partial charge in [0.2, 0.25) is 11.8 Å². The molecule has 3 unspecified atom stereocenters. The van der Waals surface area contributed by atoms with E-state index >= 15 is 0 Å². The summed E-state index contributed by atoms with van der Waals surface area (Å²) in [6.07, 6.45) is 7.52. The van der Waals surface area contributed by atoms with Crippen molar-refractivity contribution < 1.29 is 9.59 Å². The SMILES string of the molecule is Cc1cccc(C2=CSC3C(=O)NC(N4CCC(C(=O)NC5CCCCC5)CC4)NC23)c1. The van der Waals surface area contributed by atoms with Crippen molar-refractivity contribution in [2.45, 2.75) is 75.5 Å². The molecule has 5 rings (SSSR count). The summed E-state index contributed by atoms with van der Waals surface area (Å²) >= 11 is 1.60. The average Bonchev–Trinajstić information content (AvgIpc) is 3.24. The number of hydrogen-bond donors (Lipinski definition) is 3. The third-order valence-corrected chi connectivity index (χ3v) is 8.59. The highest BCUT2D eigenvalue weighted by molar-refractivity contribution is 8.04. The molecule has 32 heavy (non-hydrogen) atoms. The number of piperidine rings is 1. The summed E-state index contributed by atoms with van der Waals surface area (Å²) in [5, 5.41) is 12.2. The molecule has 3 aliphatic heterocycles. The number of benzene rings is 1. The minimum absolute atomic E-state index is 0.00729. The van der Waals surface area contributed by atoms with E-state index in [-0.39, 0.29) is 35.3 Å². The summed E-state index contributed by atoms with van der Waals surface area (Å²) in [5.41, 5.74) is 3.61. The van der Waals surface area contributed by atoms with Crippen LogP contribution in [0.15, 0.2) is 29.7 Å². The van der Waals surface area contributed by atoms with Gasteiger partial charge < -0.3 is 10.6 Å². The van der Waals surface area contributed by atoms with Crippen LogP contribution >= 0.6 is 11.8 Å². The summed E-state index contributed by atoms with van der Waals surface area (Å²) < 4.78 is 0. The smallest absolute Gasteiger partial charge is 0.237 e. The summed E-state index contributed by atoms with van der Waals surface area (Å²) in [7, 11) is 0. The number of thioether (sulfide) groups is 1. The largest absolute Gasteiger partial charge is 0.353 e. The van der Waals surface area contributed by atoms with Crippen LogP contribution in [-0.2, 0) is 9.59 Å². The predicted molar refractivity (Wildman–Crippen MR) is 129 cm³/mol. The molecule has 0 aromatic heterocycles. The van der Waals surface area contributed by atoms with Gasteiger partial charge in [0.25, 0.3) is 0 Å². The monoisotopic (exact) mass is 454 g/mol. The first-order chi connectivity index (χ1) is 15.6. The van der Waals surface area contributed by atoms with Crippen LogP contribution in [0.25, 0.3) is 5.57 Å². The van der Waals surface area contributed by atoms with Gasteiger partial charge in [-0.15, -0.1) is 11.8 Å². The van der Waals surface area contributed by atoms with Gasteiger partial charge in [0, 0.05) is 25.0 Å². The van der Waals surface area contributed by atoms with Crippen LogP contribution in [0.4, 0.5) is 0 Å². The van der Waals surface area contributed by atoms with Crippen molar-refractivity contribution in [3.63, 3.8) is 0 Å². The van der Waals surface area contributed by atoms with E-state index in [1.807, 2.05) is 0 Å². The molecule has 0 bridgehead atoms. The van der Waals surface area contributed by atoms with Crippen LogP contribution in [0.2, 0.25) is 0 Å². The van der Waals surface area contributed by atoms with Gasteiger partial charge in [0.05, 0.1) is 6.04 Å². The van der Waals surface area contributed by atoms with E-state index in [0.29, 0.717) is 6.04 Å². The molecular formula is C25H34N4O2S. The Hall–Kier alpha value is -1.83. The van der Waals surface area contributed by atoms with Crippen molar-refractivity contribution >= 4 is 29.1 Å². The number of likely N-dealkylation sites (tertiary alicyclic amines) is 1. The first-order valence-electron chi connectivity index (χ1n) is 12.1. The minimum atomic E-state index is -0.182. The second-order valence-electron chi connectivity index (χ2n) is 9.71. The van der Waals surface area contributed by atoms with E-state index in [1.54, 1.807) is 11.8 Å². The molecule has 7 heteroatoms. The molecule has 3 atom stereocenters. The summed E-state index contributed by atoms with van der Waals surface area (Å²) in [6, 6.07) is 8.87. The fourth-order valence-corrected chi connectivity index (χ4v) is 6.69. The Kier molecular flexibility index (Phi) is 6.58. The van der Waals surface area contributed by atoms with E-state index in [9.17, 15) is 9.59 Å².